The Kier molecular flexibility index (Phi) is 8.21. The Morgan fingerprint density at radius 1 is 1.17 bits per heavy atom. The number of nitrogens with zero attached hydrogens (tertiary/aromatic N) is 3. The van der Waals surface area contributed by atoms with Gasteiger partial charge in [-0.3, -0.25) is 9.89 Å². The molecule has 0 saturated carbocycles. The molecule has 0 bridgehead atoms. The van der Waals surface area contributed by atoms with Gasteiger partial charge in [-0.1, -0.05) is 31.1 Å². The van der Waals surface area contributed by atoms with Crippen LogP contribution in [0.3, 0.4) is 0 Å². The van der Waals surface area contributed by atoms with Gasteiger partial charge < -0.3 is 19.9 Å². The van der Waals surface area contributed by atoms with Crippen molar-refractivity contribution in [2.24, 2.45) is 4.99 Å². The number of hydrogen-bond acceptors (Lipinski definition) is 5. The maximum Gasteiger partial charge on any atom is 0.191 e. The monoisotopic (exact) mass is 417 g/mol. The number of morpholine rings is 1. The van der Waals surface area contributed by atoms with Gasteiger partial charge in [-0.15, -0.1) is 0 Å². The summed E-state index contributed by atoms with van der Waals surface area (Å²) in [7, 11) is 1.76. The van der Waals surface area contributed by atoms with Crippen LogP contribution in [0, 0.1) is 5.82 Å². The fourth-order valence-corrected chi connectivity index (χ4v) is 3.76. The molecule has 0 amide bonds. The van der Waals surface area contributed by atoms with Gasteiger partial charge in [0.1, 0.15) is 11.6 Å². The molecule has 1 aliphatic rings. The van der Waals surface area contributed by atoms with Gasteiger partial charge in [0.05, 0.1) is 24.9 Å². The third-order valence-electron chi connectivity index (χ3n) is 5.47. The molecule has 8 heteroatoms. The molecule has 3 rings (SSSR count). The Morgan fingerprint density at radius 3 is 2.53 bits per heavy atom. The van der Waals surface area contributed by atoms with Crippen molar-refractivity contribution in [3.8, 4) is 0 Å². The highest BCUT2D eigenvalue weighted by atomic mass is 19.1. The van der Waals surface area contributed by atoms with Crippen molar-refractivity contribution < 1.29 is 13.7 Å². The zero-order chi connectivity index (χ0) is 21.3. The third-order valence-corrected chi connectivity index (χ3v) is 5.47. The Morgan fingerprint density at radius 2 is 1.90 bits per heavy atom. The Labute approximate surface area is 177 Å². The first kappa shape index (κ1) is 22.2. The van der Waals surface area contributed by atoms with Crippen molar-refractivity contribution in [1.82, 2.24) is 20.7 Å². The summed E-state index contributed by atoms with van der Waals surface area (Å²) in [6.07, 6.45) is 1.63. The quantitative estimate of drug-likeness (QED) is 0.508. The van der Waals surface area contributed by atoms with Crippen molar-refractivity contribution in [3.05, 3.63) is 52.7 Å². The van der Waals surface area contributed by atoms with Crippen LogP contribution in [-0.2, 0) is 24.1 Å². The average molecular weight is 418 g/mol. The molecule has 1 aromatic carbocycles. The maximum absolute atomic E-state index is 13.4. The Bertz CT molecular complexity index is 794. The van der Waals surface area contributed by atoms with Crippen molar-refractivity contribution in [2.75, 3.05) is 39.9 Å². The van der Waals surface area contributed by atoms with Gasteiger partial charge in [-0.25, -0.2) is 4.39 Å². The summed E-state index contributed by atoms with van der Waals surface area (Å²) in [5.41, 5.74) is 3.15. The van der Waals surface area contributed by atoms with Gasteiger partial charge >= 0.3 is 0 Å². The summed E-state index contributed by atoms with van der Waals surface area (Å²) in [6.45, 7) is 8.49. The highest BCUT2D eigenvalue weighted by Gasteiger charge is 2.23. The second-order valence-electron chi connectivity index (χ2n) is 7.26. The van der Waals surface area contributed by atoms with E-state index in [-0.39, 0.29) is 11.9 Å². The van der Waals surface area contributed by atoms with Crippen LogP contribution in [0.4, 0.5) is 4.39 Å². The van der Waals surface area contributed by atoms with E-state index in [1.807, 2.05) is 12.1 Å². The summed E-state index contributed by atoms with van der Waals surface area (Å²) in [5, 5.41) is 11.0. The van der Waals surface area contributed by atoms with Crippen LogP contribution in [-0.4, -0.2) is 55.9 Å². The van der Waals surface area contributed by atoms with Crippen LogP contribution >= 0.6 is 0 Å². The summed E-state index contributed by atoms with van der Waals surface area (Å²) >= 11 is 0. The molecular weight excluding hydrogens is 385 g/mol. The summed E-state index contributed by atoms with van der Waals surface area (Å²) in [5.74, 6) is 1.39. The fourth-order valence-electron chi connectivity index (χ4n) is 3.76. The van der Waals surface area contributed by atoms with Crippen molar-refractivity contribution in [3.63, 3.8) is 0 Å². The van der Waals surface area contributed by atoms with Crippen molar-refractivity contribution in [1.29, 1.82) is 0 Å². The molecule has 1 fully saturated rings. The number of aromatic nitrogens is 1. The topological polar surface area (TPSA) is 74.9 Å². The molecule has 164 valence electrons. The molecule has 1 saturated heterocycles. The number of aliphatic imine (C=N–C) groups is 1. The lowest BCUT2D eigenvalue weighted by molar-refractivity contribution is 0.0170. The number of ether oxygens (including phenoxy) is 1. The normalized spacial score (nSPS) is 16.5. The van der Waals surface area contributed by atoms with E-state index in [9.17, 15) is 4.39 Å². The van der Waals surface area contributed by atoms with E-state index in [1.54, 1.807) is 7.05 Å². The van der Waals surface area contributed by atoms with Crippen LogP contribution in [0.2, 0.25) is 0 Å². The minimum absolute atomic E-state index is 0.0982. The molecule has 2 heterocycles. The Hall–Kier alpha value is -2.45. The number of guanidine groups is 1. The van der Waals surface area contributed by atoms with Crippen LogP contribution in [0.1, 0.15) is 42.5 Å². The molecule has 0 radical (unpaired) electrons. The van der Waals surface area contributed by atoms with E-state index < -0.39 is 0 Å². The second kappa shape index (κ2) is 11.1. The van der Waals surface area contributed by atoms with E-state index in [2.05, 4.69) is 39.5 Å². The summed E-state index contributed by atoms with van der Waals surface area (Å²) < 4.78 is 24.4. The smallest absolute Gasteiger partial charge is 0.191 e. The number of aryl methyl sites for hydroxylation is 2. The van der Waals surface area contributed by atoms with Crippen LogP contribution in [0.25, 0.3) is 0 Å². The fraction of sp³-hybridized carbons (Fsp3) is 0.545. The predicted molar refractivity (Wildman–Crippen MR) is 115 cm³/mol. The largest absolute Gasteiger partial charge is 0.379 e. The van der Waals surface area contributed by atoms with Gasteiger partial charge in [-0.2, -0.15) is 0 Å². The Balaban J connectivity index is 1.65. The van der Waals surface area contributed by atoms with Gasteiger partial charge in [0.15, 0.2) is 5.96 Å². The lowest BCUT2D eigenvalue weighted by atomic mass is 10.0. The minimum Gasteiger partial charge on any atom is -0.379 e. The molecule has 0 aliphatic carbocycles. The molecule has 1 aromatic heterocycles. The van der Waals surface area contributed by atoms with Crippen LogP contribution in [0.5, 0.6) is 0 Å². The first-order chi connectivity index (χ1) is 14.7. The molecule has 30 heavy (non-hydrogen) atoms. The van der Waals surface area contributed by atoms with E-state index in [4.69, 9.17) is 9.26 Å². The van der Waals surface area contributed by atoms with Gasteiger partial charge in [-0.05, 0) is 24.1 Å². The second-order valence-corrected chi connectivity index (χ2v) is 7.26. The SMILES string of the molecule is CCc1noc(CC)c1CNC(=NC)NCC(c1ccc(F)cc1)N1CCOCC1. The predicted octanol–water partition coefficient (Wildman–Crippen LogP) is 2.68. The molecule has 2 N–H and O–H groups in total. The van der Waals surface area contributed by atoms with Crippen LogP contribution in [0.15, 0.2) is 33.8 Å². The highest BCUT2D eigenvalue weighted by Crippen LogP contribution is 2.22. The van der Waals surface area contributed by atoms with Crippen molar-refractivity contribution >= 4 is 5.96 Å². The molecule has 1 unspecified atom stereocenters. The van der Waals surface area contributed by atoms with Gasteiger partial charge in [0.2, 0.25) is 0 Å². The van der Waals surface area contributed by atoms with Gasteiger partial charge in [0.25, 0.3) is 0 Å². The summed E-state index contributed by atoms with van der Waals surface area (Å²) in [4.78, 5) is 6.73. The molecule has 2 aromatic rings. The number of rotatable bonds is 8. The molecule has 1 atom stereocenters. The molecule has 7 nitrogen and oxygen atoms in total. The van der Waals surface area contributed by atoms with E-state index in [0.717, 1.165) is 48.5 Å². The lowest BCUT2D eigenvalue weighted by Crippen LogP contribution is -2.46. The molecule has 0 spiro atoms. The summed E-state index contributed by atoms with van der Waals surface area (Å²) in [6, 6.07) is 6.83. The van der Waals surface area contributed by atoms with E-state index in [0.29, 0.717) is 32.3 Å². The minimum atomic E-state index is -0.225. The number of halogens is 1. The van der Waals surface area contributed by atoms with E-state index in [1.165, 1.54) is 12.1 Å². The van der Waals surface area contributed by atoms with Crippen molar-refractivity contribution in [2.45, 2.75) is 39.3 Å². The lowest BCUT2D eigenvalue weighted by Gasteiger charge is -2.35. The number of hydrogen-bond donors (Lipinski definition) is 2. The number of nitrogens with one attached hydrogen (secondary N) is 2. The first-order valence-corrected chi connectivity index (χ1v) is 10.6. The number of benzene rings is 1. The standard InChI is InChI=1S/C22H32FN5O2/c1-4-19-18(21(5-2)30-27-19)14-25-22(24-3)26-15-20(28-10-12-29-13-11-28)16-6-8-17(23)9-7-16/h6-9,20H,4-5,10-15H2,1-3H3,(H2,24,25,26). The zero-order valence-electron chi connectivity index (χ0n) is 18.1. The maximum atomic E-state index is 13.4. The van der Waals surface area contributed by atoms with Crippen LogP contribution < -0.4 is 10.6 Å². The molecule has 1 aliphatic heterocycles. The third kappa shape index (κ3) is 5.58. The molecular formula is C22H32FN5O2. The zero-order valence-corrected chi connectivity index (χ0v) is 18.1. The van der Waals surface area contributed by atoms with Gasteiger partial charge in [0, 0.05) is 45.2 Å². The van der Waals surface area contributed by atoms with E-state index >= 15 is 0 Å². The first-order valence-electron chi connectivity index (χ1n) is 10.6. The average Bonchev–Trinajstić information content (AvgIpc) is 3.19. The highest BCUT2D eigenvalue weighted by molar-refractivity contribution is 5.79.